The van der Waals surface area contributed by atoms with Crippen molar-refractivity contribution in [1.82, 2.24) is 9.71 Å². The van der Waals surface area contributed by atoms with Gasteiger partial charge >= 0.3 is 5.97 Å². The summed E-state index contributed by atoms with van der Waals surface area (Å²) in [5.74, 6) is -1.16. The summed E-state index contributed by atoms with van der Waals surface area (Å²) >= 11 is 0. The minimum Gasteiger partial charge on any atom is -0.478 e. The number of anilines is 1. The molecule has 1 aliphatic rings. The highest BCUT2D eigenvalue weighted by Crippen LogP contribution is 2.20. The van der Waals surface area contributed by atoms with E-state index in [2.05, 4.69) is 14.4 Å². The second-order valence-corrected chi connectivity index (χ2v) is 5.21. The molecular formula is C9H11N3O4S. The third-order valence-electron chi connectivity index (χ3n) is 2.14. The fourth-order valence-electron chi connectivity index (χ4n) is 1.22. The average Bonchev–Trinajstić information content (AvgIpc) is 3.00. The number of carboxylic acid groups (broad SMARTS) is 1. The van der Waals surface area contributed by atoms with Crippen LogP contribution < -0.4 is 9.44 Å². The van der Waals surface area contributed by atoms with Gasteiger partial charge in [-0.05, 0) is 18.9 Å². The lowest BCUT2D eigenvalue weighted by molar-refractivity contribution is 0.0696. The Balaban J connectivity index is 2.12. The van der Waals surface area contributed by atoms with E-state index >= 15 is 0 Å². The molecule has 1 saturated carbocycles. The van der Waals surface area contributed by atoms with E-state index in [0.717, 1.165) is 19.0 Å². The number of carboxylic acids is 1. The quantitative estimate of drug-likeness (QED) is 0.697. The second-order valence-electron chi connectivity index (χ2n) is 3.77. The van der Waals surface area contributed by atoms with Crippen molar-refractivity contribution >= 4 is 21.9 Å². The van der Waals surface area contributed by atoms with Gasteiger partial charge in [0.2, 0.25) is 0 Å². The first-order valence-corrected chi connectivity index (χ1v) is 6.43. The molecule has 17 heavy (non-hydrogen) atoms. The molecule has 0 radical (unpaired) electrons. The Hall–Kier alpha value is -1.67. The van der Waals surface area contributed by atoms with Crippen LogP contribution in [-0.4, -0.2) is 30.5 Å². The largest absolute Gasteiger partial charge is 0.478 e. The molecule has 1 aromatic rings. The van der Waals surface area contributed by atoms with E-state index in [1.54, 1.807) is 0 Å². The molecule has 2 rings (SSSR count). The van der Waals surface area contributed by atoms with Crippen molar-refractivity contribution in [3.05, 3.63) is 24.0 Å². The van der Waals surface area contributed by atoms with Crippen LogP contribution >= 0.6 is 0 Å². The number of aromatic nitrogens is 1. The van der Waals surface area contributed by atoms with Crippen molar-refractivity contribution in [2.45, 2.75) is 18.9 Å². The number of nitrogens with zero attached hydrogens (tertiary/aromatic N) is 1. The molecule has 0 amide bonds. The highest BCUT2D eigenvalue weighted by molar-refractivity contribution is 7.90. The van der Waals surface area contributed by atoms with Gasteiger partial charge in [-0.2, -0.15) is 13.1 Å². The van der Waals surface area contributed by atoms with Gasteiger partial charge in [-0.25, -0.2) is 4.79 Å². The van der Waals surface area contributed by atoms with Crippen molar-refractivity contribution in [1.29, 1.82) is 0 Å². The third kappa shape index (κ3) is 3.40. The molecule has 1 fully saturated rings. The minimum absolute atomic E-state index is 0.0110. The highest BCUT2D eigenvalue weighted by Gasteiger charge is 2.26. The van der Waals surface area contributed by atoms with Crippen molar-refractivity contribution in [3.8, 4) is 0 Å². The molecule has 0 saturated heterocycles. The molecule has 0 aliphatic heterocycles. The smallest absolute Gasteiger partial charge is 0.337 e. The fourth-order valence-corrected chi connectivity index (χ4v) is 2.37. The standard InChI is InChI=1S/C9H11N3O4S/c13-9(14)6-3-8(5-10-4-6)12-17(15,16)11-7-1-2-7/h3-5,7,11-12H,1-2H2,(H,13,14). The van der Waals surface area contributed by atoms with Crippen LogP contribution in [0.25, 0.3) is 0 Å². The Morgan fingerprint density at radius 1 is 1.41 bits per heavy atom. The topological polar surface area (TPSA) is 108 Å². The predicted molar refractivity (Wildman–Crippen MR) is 59.9 cm³/mol. The zero-order valence-corrected chi connectivity index (χ0v) is 9.57. The van der Waals surface area contributed by atoms with Gasteiger partial charge in [-0.15, -0.1) is 0 Å². The Bertz CT molecular complexity index is 539. The van der Waals surface area contributed by atoms with Crippen LogP contribution in [-0.2, 0) is 10.2 Å². The summed E-state index contributed by atoms with van der Waals surface area (Å²) in [6, 6.07) is 1.20. The lowest BCUT2D eigenvalue weighted by atomic mass is 10.3. The minimum atomic E-state index is -3.65. The molecule has 7 nitrogen and oxygen atoms in total. The summed E-state index contributed by atoms with van der Waals surface area (Å²) in [4.78, 5) is 14.3. The first-order chi connectivity index (χ1) is 7.96. The summed E-state index contributed by atoms with van der Waals surface area (Å²) in [7, 11) is -3.65. The van der Waals surface area contributed by atoms with Crippen LogP contribution in [0.5, 0.6) is 0 Å². The summed E-state index contributed by atoms with van der Waals surface area (Å²) in [5.41, 5.74) is 0.0506. The average molecular weight is 257 g/mol. The van der Waals surface area contributed by atoms with E-state index in [1.807, 2.05) is 0 Å². The van der Waals surface area contributed by atoms with Crippen LogP contribution in [0.4, 0.5) is 5.69 Å². The van der Waals surface area contributed by atoms with Crippen LogP contribution in [0, 0.1) is 0 Å². The number of nitrogens with one attached hydrogen (secondary N) is 2. The van der Waals surface area contributed by atoms with Crippen molar-refractivity contribution in [2.75, 3.05) is 4.72 Å². The van der Waals surface area contributed by atoms with Gasteiger partial charge in [-0.1, -0.05) is 0 Å². The summed E-state index contributed by atoms with van der Waals surface area (Å²) < 4.78 is 27.7. The lowest BCUT2D eigenvalue weighted by Crippen LogP contribution is -2.31. The Labute approximate surface area is 98.1 Å². The highest BCUT2D eigenvalue weighted by atomic mass is 32.2. The van der Waals surface area contributed by atoms with Crippen LogP contribution in [0.1, 0.15) is 23.2 Å². The van der Waals surface area contributed by atoms with E-state index in [-0.39, 0.29) is 17.3 Å². The molecule has 0 bridgehead atoms. The fraction of sp³-hybridized carbons (Fsp3) is 0.333. The molecular weight excluding hydrogens is 246 g/mol. The first kappa shape index (κ1) is 11.8. The van der Waals surface area contributed by atoms with Gasteiger partial charge < -0.3 is 5.11 Å². The predicted octanol–water partition coefficient (Wildman–Crippen LogP) is 0.188. The molecule has 92 valence electrons. The van der Waals surface area contributed by atoms with E-state index < -0.39 is 16.2 Å². The molecule has 1 aliphatic carbocycles. The summed E-state index contributed by atoms with van der Waals surface area (Å²) in [5, 5.41) is 8.73. The van der Waals surface area contributed by atoms with E-state index in [4.69, 9.17) is 5.11 Å². The molecule has 8 heteroatoms. The maximum Gasteiger partial charge on any atom is 0.337 e. The third-order valence-corrected chi connectivity index (χ3v) is 3.28. The van der Waals surface area contributed by atoms with Gasteiger partial charge in [0.15, 0.2) is 0 Å². The van der Waals surface area contributed by atoms with Crippen molar-refractivity contribution < 1.29 is 18.3 Å². The number of hydrogen-bond donors (Lipinski definition) is 3. The first-order valence-electron chi connectivity index (χ1n) is 4.95. The van der Waals surface area contributed by atoms with E-state index in [1.165, 1.54) is 12.3 Å². The van der Waals surface area contributed by atoms with Gasteiger partial charge in [0.05, 0.1) is 17.4 Å². The van der Waals surface area contributed by atoms with Crippen molar-refractivity contribution in [3.63, 3.8) is 0 Å². The molecule has 0 unspecified atom stereocenters. The number of pyridine rings is 1. The van der Waals surface area contributed by atoms with Crippen LogP contribution in [0.3, 0.4) is 0 Å². The van der Waals surface area contributed by atoms with E-state index in [9.17, 15) is 13.2 Å². The molecule has 0 atom stereocenters. The molecule has 3 N–H and O–H groups in total. The van der Waals surface area contributed by atoms with Crippen LogP contribution in [0.15, 0.2) is 18.5 Å². The van der Waals surface area contributed by atoms with Crippen molar-refractivity contribution in [2.24, 2.45) is 0 Å². The number of rotatable bonds is 5. The molecule has 0 aromatic carbocycles. The molecule has 1 heterocycles. The van der Waals surface area contributed by atoms with Gasteiger partial charge in [0.25, 0.3) is 10.2 Å². The monoisotopic (exact) mass is 257 g/mol. The summed E-state index contributed by atoms with van der Waals surface area (Å²) in [6.07, 6.45) is 4.05. The van der Waals surface area contributed by atoms with Gasteiger partial charge in [-0.3, -0.25) is 9.71 Å². The number of hydrogen-bond acceptors (Lipinski definition) is 4. The Morgan fingerprint density at radius 3 is 2.71 bits per heavy atom. The molecule has 1 aromatic heterocycles. The zero-order valence-electron chi connectivity index (χ0n) is 8.75. The number of carbonyl (C=O) groups is 1. The molecule has 0 spiro atoms. The second kappa shape index (κ2) is 4.30. The SMILES string of the molecule is O=C(O)c1cncc(NS(=O)(=O)NC2CC2)c1. The van der Waals surface area contributed by atoms with Crippen LogP contribution in [0.2, 0.25) is 0 Å². The summed E-state index contributed by atoms with van der Waals surface area (Å²) in [6.45, 7) is 0. The Morgan fingerprint density at radius 2 is 2.12 bits per heavy atom. The maximum atomic E-state index is 11.5. The zero-order chi connectivity index (χ0) is 12.5. The van der Waals surface area contributed by atoms with Gasteiger partial charge in [0, 0.05) is 12.2 Å². The number of aromatic carboxylic acids is 1. The normalized spacial score (nSPS) is 15.5. The Kier molecular flexibility index (Phi) is 2.99. The van der Waals surface area contributed by atoms with Gasteiger partial charge in [0.1, 0.15) is 0 Å². The lowest BCUT2D eigenvalue weighted by Gasteiger charge is -2.08. The van der Waals surface area contributed by atoms with E-state index in [0.29, 0.717) is 0 Å². The maximum absolute atomic E-state index is 11.5.